The summed E-state index contributed by atoms with van der Waals surface area (Å²) in [5.74, 6) is 0.931. The van der Waals surface area contributed by atoms with Crippen molar-refractivity contribution >= 4 is 0 Å². The molecule has 1 aromatic rings. The van der Waals surface area contributed by atoms with Crippen LogP contribution in [0.15, 0.2) is 24.3 Å². The molecule has 0 aromatic heterocycles. The van der Waals surface area contributed by atoms with Crippen LogP contribution in [0.2, 0.25) is 0 Å². The number of aryl methyl sites for hydroxylation is 1. The summed E-state index contributed by atoms with van der Waals surface area (Å²) in [5, 5.41) is 0. The Morgan fingerprint density at radius 3 is 2.38 bits per heavy atom. The van der Waals surface area contributed by atoms with E-state index in [1.165, 1.54) is 5.56 Å². The molecule has 0 aliphatic rings. The minimum Gasteiger partial charge on any atom is -0.494 e. The Bertz CT molecular complexity index is 295. The van der Waals surface area contributed by atoms with Crippen LogP contribution in [0.4, 0.5) is 0 Å². The fraction of sp³-hybridized carbons (Fsp3) is 0.538. The second-order valence-corrected chi connectivity index (χ2v) is 4.30. The second kappa shape index (κ2) is 6.51. The SMILES string of the molecule is Cc1ccc(OCCC(CN)N(C)C)cc1. The van der Waals surface area contributed by atoms with Gasteiger partial charge < -0.3 is 15.4 Å². The zero-order valence-electron chi connectivity index (χ0n) is 10.4. The van der Waals surface area contributed by atoms with E-state index in [1.54, 1.807) is 0 Å². The van der Waals surface area contributed by atoms with E-state index in [9.17, 15) is 0 Å². The van der Waals surface area contributed by atoms with Crippen LogP contribution in [-0.4, -0.2) is 38.2 Å². The van der Waals surface area contributed by atoms with Gasteiger partial charge in [0.25, 0.3) is 0 Å². The number of hydrogen-bond acceptors (Lipinski definition) is 3. The highest BCUT2D eigenvalue weighted by molar-refractivity contribution is 5.26. The highest BCUT2D eigenvalue weighted by atomic mass is 16.5. The first kappa shape index (κ1) is 13.0. The molecule has 1 aromatic carbocycles. The van der Waals surface area contributed by atoms with E-state index in [1.807, 2.05) is 26.2 Å². The maximum absolute atomic E-state index is 5.68. The molecule has 0 aliphatic heterocycles. The summed E-state index contributed by atoms with van der Waals surface area (Å²) in [6, 6.07) is 8.51. The van der Waals surface area contributed by atoms with Gasteiger partial charge in [-0.15, -0.1) is 0 Å². The first-order valence-corrected chi connectivity index (χ1v) is 5.69. The minimum atomic E-state index is 0.394. The molecule has 0 heterocycles. The second-order valence-electron chi connectivity index (χ2n) is 4.30. The van der Waals surface area contributed by atoms with Crippen molar-refractivity contribution in [1.29, 1.82) is 0 Å². The van der Waals surface area contributed by atoms with Gasteiger partial charge in [0.1, 0.15) is 5.75 Å². The first-order valence-electron chi connectivity index (χ1n) is 5.69. The molecule has 3 nitrogen and oxygen atoms in total. The Labute approximate surface area is 98.2 Å². The molecule has 0 fully saturated rings. The molecule has 0 aliphatic carbocycles. The molecule has 16 heavy (non-hydrogen) atoms. The molecule has 1 rings (SSSR count). The summed E-state index contributed by atoms with van der Waals surface area (Å²) in [6.07, 6.45) is 0.956. The molecule has 0 radical (unpaired) electrons. The van der Waals surface area contributed by atoms with Gasteiger partial charge >= 0.3 is 0 Å². The number of likely N-dealkylation sites (N-methyl/N-ethyl adjacent to an activating group) is 1. The molecular formula is C13H22N2O. The van der Waals surface area contributed by atoms with Crippen molar-refractivity contribution in [3.8, 4) is 5.75 Å². The van der Waals surface area contributed by atoms with Crippen LogP contribution in [-0.2, 0) is 0 Å². The van der Waals surface area contributed by atoms with E-state index >= 15 is 0 Å². The maximum atomic E-state index is 5.68. The van der Waals surface area contributed by atoms with Crippen LogP contribution in [0, 0.1) is 6.92 Å². The van der Waals surface area contributed by atoms with Gasteiger partial charge in [0.15, 0.2) is 0 Å². The lowest BCUT2D eigenvalue weighted by molar-refractivity contribution is 0.225. The Kier molecular flexibility index (Phi) is 5.29. The number of nitrogens with two attached hydrogens (primary N) is 1. The summed E-state index contributed by atoms with van der Waals surface area (Å²) in [6.45, 7) is 3.45. The van der Waals surface area contributed by atoms with E-state index in [0.717, 1.165) is 12.2 Å². The van der Waals surface area contributed by atoms with Gasteiger partial charge in [0, 0.05) is 12.6 Å². The van der Waals surface area contributed by atoms with Crippen molar-refractivity contribution in [2.75, 3.05) is 27.2 Å². The van der Waals surface area contributed by atoms with Crippen molar-refractivity contribution in [2.24, 2.45) is 5.73 Å². The Balaban J connectivity index is 2.32. The molecule has 0 spiro atoms. The number of nitrogens with zero attached hydrogens (tertiary/aromatic N) is 1. The van der Waals surface area contributed by atoms with E-state index in [2.05, 4.69) is 24.0 Å². The summed E-state index contributed by atoms with van der Waals surface area (Å²) in [4.78, 5) is 2.14. The average molecular weight is 222 g/mol. The topological polar surface area (TPSA) is 38.5 Å². The van der Waals surface area contributed by atoms with Crippen LogP contribution in [0.5, 0.6) is 5.75 Å². The Morgan fingerprint density at radius 1 is 1.25 bits per heavy atom. The minimum absolute atomic E-state index is 0.394. The van der Waals surface area contributed by atoms with Crippen molar-refractivity contribution in [3.63, 3.8) is 0 Å². The van der Waals surface area contributed by atoms with Crippen molar-refractivity contribution < 1.29 is 4.74 Å². The number of benzene rings is 1. The van der Waals surface area contributed by atoms with Crippen LogP contribution in [0.1, 0.15) is 12.0 Å². The highest BCUT2D eigenvalue weighted by Crippen LogP contribution is 2.12. The third-order valence-corrected chi connectivity index (χ3v) is 2.74. The fourth-order valence-electron chi connectivity index (χ4n) is 1.53. The summed E-state index contributed by atoms with van der Waals surface area (Å²) in [5.41, 5.74) is 6.93. The quantitative estimate of drug-likeness (QED) is 0.795. The predicted octanol–water partition coefficient (Wildman–Crippen LogP) is 1.65. The van der Waals surface area contributed by atoms with Gasteiger partial charge in [-0.2, -0.15) is 0 Å². The van der Waals surface area contributed by atoms with Gasteiger partial charge in [-0.25, -0.2) is 0 Å². The van der Waals surface area contributed by atoms with Gasteiger partial charge in [-0.3, -0.25) is 0 Å². The fourth-order valence-corrected chi connectivity index (χ4v) is 1.53. The predicted molar refractivity (Wildman–Crippen MR) is 67.8 cm³/mol. The number of ether oxygens (including phenoxy) is 1. The number of rotatable bonds is 6. The lowest BCUT2D eigenvalue weighted by atomic mass is 10.2. The van der Waals surface area contributed by atoms with E-state index < -0.39 is 0 Å². The molecular weight excluding hydrogens is 200 g/mol. The van der Waals surface area contributed by atoms with Crippen LogP contribution in [0.3, 0.4) is 0 Å². The molecule has 2 N–H and O–H groups in total. The normalized spacial score (nSPS) is 12.8. The average Bonchev–Trinajstić information content (AvgIpc) is 2.26. The number of hydrogen-bond donors (Lipinski definition) is 1. The van der Waals surface area contributed by atoms with E-state index in [4.69, 9.17) is 10.5 Å². The summed E-state index contributed by atoms with van der Waals surface area (Å²) in [7, 11) is 4.09. The molecule has 3 heteroatoms. The van der Waals surface area contributed by atoms with Gasteiger partial charge in [-0.1, -0.05) is 17.7 Å². The van der Waals surface area contributed by atoms with Gasteiger partial charge in [-0.05, 0) is 39.6 Å². The van der Waals surface area contributed by atoms with Crippen LogP contribution in [0.25, 0.3) is 0 Å². The smallest absolute Gasteiger partial charge is 0.119 e. The molecule has 0 bridgehead atoms. The molecule has 1 atom stereocenters. The molecule has 90 valence electrons. The molecule has 1 unspecified atom stereocenters. The lowest BCUT2D eigenvalue weighted by Crippen LogP contribution is -2.36. The summed E-state index contributed by atoms with van der Waals surface area (Å²) >= 11 is 0. The van der Waals surface area contributed by atoms with E-state index in [0.29, 0.717) is 19.2 Å². The maximum Gasteiger partial charge on any atom is 0.119 e. The third-order valence-electron chi connectivity index (χ3n) is 2.74. The summed E-state index contributed by atoms with van der Waals surface area (Å²) < 4.78 is 5.66. The van der Waals surface area contributed by atoms with Crippen molar-refractivity contribution in [1.82, 2.24) is 4.90 Å². The molecule has 0 amide bonds. The zero-order chi connectivity index (χ0) is 12.0. The lowest BCUT2D eigenvalue weighted by Gasteiger charge is -2.22. The standard InChI is InChI=1S/C13H22N2O/c1-11-4-6-13(7-5-11)16-9-8-12(10-14)15(2)3/h4-7,12H,8-10,14H2,1-3H3. The third kappa shape index (κ3) is 4.21. The molecule has 0 saturated carbocycles. The van der Waals surface area contributed by atoms with E-state index in [-0.39, 0.29) is 0 Å². The molecule has 0 saturated heterocycles. The monoisotopic (exact) mass is 222 g/mol. The highest BCUT2D eigenvalue weighted by Gasteiger charge is 2.08. The largest absolute Gasteiger partial charge is 0.494 e. The Hall–Kier alpha value is -1.06. The zero-order valence-corrected chi connectivity index (χ0v) is 10.4. The Morgan fingerprint density at radius 2 is 1.88 bits per heavy atom. The first-order chi connectivity index (χ1) is 7.63. The van der Waals surface area contributed by atoms with Crippen molar-refractivity contribution in [3.05, 3.63) is 29.8 Å². The van der Waals surface area contributed by atoms with Gasteiger partial charge in [0.05, 0.1) is 6.61 Å². The van der Waals surface area contributed by atoms with Gasteiger partial charge in [0.2, 0.25) is 0 Å². The van der Waals surface area contributed by atoms with Crippen molar-refractivity contribution in [2.45, 2.75) is 19.4 Å². The van der Waals surface area contributed by atoms with Crippen LogP contribution < -0.4 is 10.5 Å². The van der Waals surface area contributed by atoms with Crippen LogP contribution >= 0.6 is 0 Å².